The van der Waals surface area contributed by atoms with E-state index in [2.05, 4.69) is 57.9 Å². The number of aromatic amines is 1. The van der Waals surface area contributed by atoms with E-state index in [0.717, 1.165) is 33.5 Å². The van der Waals surface area contributed by atoms with Crippen LogP contribution in [0.4, 0.5) is 0 Å². The molecule has 1 N–H and O–H groups in total. The zero-order chi connectivity index (χ0) is 13.3. The Morgan fingerprint density at radius 3 is 2.67 bits per heavy atom. The van der Waals surface area contributed by atoms with E-state index in [9.17, 15) is 0 Å². The molecule has 0 saturated heterocycles. The number of halogens is 1. The van der Waals surface area contributed by atoms with E-state index in [0.29, 0.717) is 4.64 Å². The van der Waals surface area contributed by atoms with Crippen molar-refractivity contribution in [3.8, 4) is 11.4 Å². The fraction of sp³-hybridized carbons (Fsp3) is 0.286. The van der Waals surface area contributed by atoms with Gasteiger partial charge in [-0.25, -0.2) is 4.98 Å². The van der Waals surface area contributed by atoms with E-state index in [1.165, 1.54) is 5.56 Å². The number of aromatic nitrogens is 2. The average Bonchev–Trinajstić information content (AvgIpc) is 2.32. The van der Waals surface area contributed by atoms with Gasteiger partial charge in [-0.15, -0.1) is 0 Å². The van der Waals surface area contributed by atoms with Crippen LogP contribution in [0.25, 0.3) is 11.4 Å². The predicted octanol–water partition coefficient (Wildman–Crippen LogP) is 4.75. The van der Waals surface area contributed by atoms with E-state index in [1.54, 1.807) is 0 Å². The zero-order valence-corrected chi connectivity index (χ0v) is 13.1. The quantitative estimate of drug-likeness (QED) is 0.808. The Hall–Kier alpha value is -1.00. The Morgan fingerprint density at radius 1 is 1.33 bits per heavy atom. The second-order valence-electron chi connectivity index (χ2n) is 4.33. The van der Waals surface area contributed by atoms with E-state index in [-0.39, 0.29) is 0 Å². The Labute approximate surface area is 121 Å². The molecule has 0 aliphatic heterocycles. The third-order valence-electron chi connectivity index (χ3n) is 2.99. The van der Waals surface area contributed by atoms with Gasteiger partial charge in [0.25, 0.3) is 0 Å². The highest BCUT2D eigenvalue weighted by Crippen LogP contribution is 2.27. The lowest BCUT2D eigenvalue weighted by Crippen LogP contribution is -1.99. The summed E-state index contributed by atoms with van der Waals surface area (Å²) in [7, 11) is 0. The van der Waals surface area contributed by atoms with Gasteiger partial charge in [0.15, 0.2) is 0 Å². The molecule has 0 aliphatic rings. The van der Waals surface area contributed by atoms with Crippen LogP contribution in [-0.2, 0) is 6.42 Å². The van der Waals surface area contributed by atoms with Crippen molar-refractivity contribution in [2.75, 3.05) is 0 Å². The van der Waals surface area contributed by atoms with Crippen LogP contribution in [0.3, 0.4) is 0 Å². The van der Waals surface area contributed by atoms with Gasteiger partial charge in [-0.2, -0.15) is 0 Å². The lowest BCUT2D eigenvalue weighted by atomic mass is 10.1. The number of nitrogens with zero attached hydrogens (tertiary/aromatic N) is 1. The van der Waals surface area contributed by atoms with Crippen LogP contribution >= 0.6 is 28.1 Å². The summed E-state index contributed by atoms with van der Waals surface area (Å²) < 4.78 is 1.71. The minimum atomic E-state index is 0.674. The van der Waals surface area contributed by atoms with Crippen LogP contribution in [-0.4, -0.2) is 9.97 Å². The first kappa shape index (κ1) is 13.4. The van der Waals surface area contributed by atoms with Gasteiger partial charge < -0.3 is 4.98 Å². The third kappa shape index (κ3) is 2.54. The zero-order valence-electron chi connectivity index (χ0n) is 10.7. The molecule has 2 nitrogen and oxygen atoms in total. The van der Waals surface area contributed by atoms with Crippen LogP contribution in [0, 0.1) is 18.5 Å². The number of benzene rings is 1. The highest BCUT2D eigenvalue weighted by Gasteiger charge is 2.08. The normalized spacial score (nSPS) is 10.7. The second kappa shape index (κ2) is 5.33. The van der Waals surface area contributed by atoms with Crippen LogP contribution < -0.4 is 0 Å². The van der Waals surface area contributed by atoms with Crippen molar-refractivity contribution < 1.29 is 0 Å². The van der Waals surface area contributed by atoms with Crippen LogP contribution in [0.15, 0.2) is 22.7 Å². The maximum absolute atomic E-state index is 5.32. The smallest absolute Gasteiger partial charge is 0.140 e. The Balaban J connectivity index is 2.64. The first-order valence-electron chi connectivity index (χ1n) is 5.89. The maximum Gasteiger partial charge on any atom is 0.140 e. The summed E-state index contributed by atoms with van der Waals surface area (Å²) in [6, 6.07) is 6.21. The van der Waals surface area contributed by atoms with Crippen LogP contribution in [0.2, 0.25) is 0 Å². The summed E-state index contributed by atoms with van der Waals surface area (Å²) in [5, 5.41) is 0. The van der Waals surface area contributed by atoms with E-state index >= 15 is 0 Å². The standard InChI is InChI=1S/C14H15BrN2S/c1-4-12-9(3)14(18)17-13(16-12)10-6-5-8(2)7-11(10)15/h5-7H,4H2,1-3H3,(H,16,17,18). The largest absolute Gasteiger partial charge is 0.343 e. The van der Waals surface area contributed by atoms with Crippen molar-refractivity contribution >= 4 is 28.1 Å². The Bertz CT molecular complexity index is 647. The van der Waals surface area contributed by atoms with Gasteiger partial charge >= 0.3 is 0 Å². The summed E-state index contributed by atoms with van der Waals surface area (Å²) in [4.78, 5) is 7.84. The van der Waals surface area contributed by atoms with Gasteiger partial charge in [-0.05, 0) is 38.0 Å². The van der Waals surface area contributed by atoms with Crippen LogP contribution in [0.5, 0.6) is 0 Å². The Morgan fingerprint density at radius 2 is 2.06 bits per heavy atom. The number of rotatable bonds is 2. The molecule has 18 heavy (non-hydrogen) atoms. The molecule has 94 valence electrons. The molecule has 0 bridgehead atoms. The van der Waals surface area contributed by atoms with Gasteiger partial charge in [0.05, 0.1) is 0 Å². The lowest BCUT2D eigenvalue weighted by Gasteiger charge is -2.09. The molecule has 1 aromatic heterocycles. The molecule has 1 aromatic carbocycles. The number of nitrogens with one attached hydrogen (secondary N) is 1. The number of hydrogen-bond donors (Lipinski definition) is 1. The third-order valence-corrected chi connectivity index (χ3v) is 4.04. The van der Waals surface area contributed by atoms with Crippen molar-refractivity contribution in [2.24, 2.45) is 0 Å². The van der Waals surface area contributed by atoms with E-state index < -0.39 is 0 Å². The van der Waals surface area contributed by atoms with Gasteiger partial charge in [0.1, 0.15) is 10.5 Å². The van der Waals surface area contributed by atoms with E-state index in [4.69, 9.17) is 12.2 Å². The number of aryl methyl sites for hydroxylation is 2. The summed E-state index contributed by atoms with van der Waals surface area (Å²) in [6.07, 6.45) is 0.925. The molecule has 1 heterocycles. The molecule has 0 saturated carbocycles. The molecule has 2 rings (SSSR count). The van der Waals surface area contributed by atoms with Crippen LogP contribution in [0.1, 0.15) is 23.7 Å². The van der Waals surface area contributed by atoms with Gasteiger partial charge in [0.2, 0.25) is 0 Å². The monoisotopic (exact) mass is 322 g/mol. The second-order valence-corrected chi connectivity index (χ2v) is 5.57. The molecule has 0 atom stereocenters. The minimum absolute atomic E-state index is 0.674. The SMILES string of the molecule is CCc1[nH]c(-c2ccc(C)cc2Br)nc(=S)c1C. The molecular weight excluding hydrogens is 308 g/mol. The summed E-state index contributed by atoms with van der Waals surface area (Å²) in [6.45, 7) is 6.19. The lowest BCUT2D eigenvalue weighted by molar-refractivity contribution is 0.968. The first-order chi connectivity index (χ1) is 8.52. The molecule has 2 aromatic rings. The maximum atomic E-state index is 5.32. The van der Waals surface area contributed by atoms with Gasteiger partial charge in [0, 0.05) is 21.3 Å². The molecule has 0 spiro atoms. The summed E-state index contributed by atoms with van der Waals surface area (Å²) in [5.41, 5.74) is 4.48. The molecule has 0 unspecified atom stereocenters. The molecule has 4 heteroatoms. The van der Waals surface area contributed by atoms with Crippen molar-refractivity contribution in [1.29, 1.82) is 0 Å². The fourth-order valence-electron chi connectivity index (χ4n) is 1.87. The Kier molecular flexibility index (Phi) is 3.97. The summed E-state index contributed by atoms with van der Waals surface area (Å²) in [5.74, 6) is 0.828. The topological polar surface area (TPSA) is 28.7 Å². The molecule has 0 radical (unpaired) electrons. The highest BCUT2D eigenvalue weighted by molar-refractivity contribution is 9.10. The van der Waals surface area contributed by atoms with Crippen molar-refractivity contribution in [3.63, 3.8) is 0 Å². The number of H-pyrrole nitrogens is 1. The predicted molar refractivity (Wildman–Crippen MR) is 81.4 cm³/mol. The minimum Gasteiger partial charge on any atom is -0.343 e. The molecule has 0 amide bonds. The van der Waals surface area contributed by atoms with Crippen molar-refractivity contribution in [2.45, 2.75) is 27.2 Å². The fourth-order valence-corrected chi connectivity index (χ4v) is 2.77. The van der Waals surface area contributed by atoms with Gasteiger partial charge in [-0.3, -0.25) is 0 Å². The van der Waals surface area contributed by atoms with Crippen molar-refractivity contribution in [1.82, 2.24) is 9.97 Å². The van der Waals surface area contributed by atoms with Crippen molar-refractivity contribution in [3.05, 3.63) is 44.1 Å². The highest BCUT2D eigenvalue weighted by atomic mass is 79.9. The number of hydrogen-bond acceptors (Lipinski definition) is 2. The summed E-state index contributed by atoms with van der Waals surface area (Å²) >= 11 is 8.90. The van der Waals surface area contributed by atoms with Gasteiger partial charge in [-0.1, -0.05) is 41.1 Å². The molecular formula is C14H15BrN2S. The average molecular weight is 323 g/mol. The molecule has 0 fully saturated rings. The first-order valence-corrected chi connectivity index (χ1v) is 7.09. The van der Waals surface area contributed by atoms with E-state index in [1.807, 2.05) is 6.92 Å². The molecule has 0 aliphatic carbocycles.